The SMILES string of the molecule is CCCCOCCOCCOCCOCC(C)(C)CS. The molecule has 0 N–H and O–H groups in total. The van der Waals surface area contributed by atoms with Crippen molar-refractivity contribution in [1.82, 2.24) is 0 Å². The molecule has 5 heteroatoms. The molecule has 0 unspecified atom stereocenters. The monoisotopic (exact) mass is 308 g/mol. The van der Waals surface area contributed by atoms with Gasteiger partial charge in [-0.15, -0.1) is 0 Å². The predicted octanol–water partition coefficient (Wildman–Crippen LogP) is 2.81. The van der Waals surface area contributed by atoms with Gasteiger partial charge in [-0.1, -0.05) is 27.2 Å². The molecule has 0 aromatic rings. The number of ether oxygens (including phenoxy) is 4. The third-order valence-electron chi connectivity index (χ3n) is 2.68. The van der Waals surface area contributed by atoms with Crippen molar-refractivity contribution in [3.63, 3.8) is 0 Å². The summed E-state index contributed by atoms with van der Waals surface area (Å²) in [5.41, 5.74) is 0.129. The van der Waals surface area contributed by atoms with Crippen molar-refractivity contribution in [1.29, 1.82) is 0 Å². The largest absolute Gasteiger partial charge is 0.379 e. The molecule has 0 rings (SSSR count). The van der Waals surface area contributed by atoms with Crippen LogP contribution in [-0.2, 0) is 18.9 Å². The zero-order valence-electron chi connectivity index (χ0n) is 13.4. The van der Waals surface area contributed by atoms with Crippen molar-refractivity contribution in [2.24, 2.45) is 5.41 Å². The molecule has 0 atom stereocenters. The molecule has 0 spiro atoms. The summed E-state index contributed by atoms with van der Waals surface area (Å²) in [6, 6.07) is 0. The third kappa shape index (κ3) is 14.6. The second-order valence-corrected chi connectivity index (χ2v) is 5.88. The van der Waals surface area contributed by atoms with Crippen molar-refractivity contribution in [2.45, 2.75) is 33.6 Å². The van der Waals surface area contributed by atoms with Crippen molar-refractivity contribution >= 4 is 12.6 Å². The zero-order valence-corrected chi connectivity index (χ0v) is 14.3. The summed E-state index contributed by atoms with van der Waals surface area (Å²) in [5, 5.41) is 0. The fourth-order valence-electron chi connectivity index (χ4n) is 1.30. The Morgan fingerprint density at radius 2 is 1.20 bits per heavy atom. The number of rotatable bonds is 15. The summed E-state index contributed by atoms with van der Waals surface area (Å²) in [6.45, 7) is 11.7. The Bertz CT molecular complexity index is 200. The molecule has 0 fully saturated rings. The minimum absolute atomic E-state index is 0.129. The first-order valence-electron chi connectivity index (χ1n) is 7.54. The summed E-state index contributed by atoms with van der Waals surface area (Å²) >= 11 is 4.28. The van der Waals surface area contributed by atoms with Crippen LogP contribution in [0.25, 0.3) is 0 Å². The molecule has 0 aliphatic carbocycles. The normalized spacial score (nSPS) is 12.0. The smallest absolute Gasteiger partial charge is 0.0701 e. The highest BCUT2D eigenvalue weighted by molar-refractivity contribution is 7.80. The number of hydrogen-bond donors (Lipinski definition) is 1. The van der Waals surface area contributed by atoms with Gasteiger partial charge in [-0.05, 0) is 17.6 Å². The molecular weight excluding hydrogens is 276 g/mol. The van der Waals surface area contributed by atoms with Gasteiger partial charge in [0.1, 0.15) is 0 Å². The molecule has 0 saturated carbocycles. The van der Waals surface area contributed by atoms with E-state index in [-0.39, 0.29) is 5.41 Å². The summed E-state index contributed by atoms with van der Waals surface area (Å²) in [4.78, 5) is 0. The summed E-state index contributed by atoms with van der Waals surface area (Å²) in [7, 11) is 0. The van der Waals surface area contributed by atoms with Crippen LogP contribution in [0.4, 0.5) is 0 Å². The fourth-order valence-corrected chi connectivity index (χ4v) is 1.39. The summed E-state index contributed by atoms with van der Waals surface area (Å²) in [6.07, 6.45) is 2.29. The van der Waals surface area contributed by atoms with E-state index < -0.39 is 0 Å². The van der Waals surface area contributed by atoms with E-state index in [2.05, 4.69) is 33.4 Å². The van der Waals surface area contributed by atoms with E-state index in [1.807, 2.05) is 0 Å². The van der Waals surface area contributed by atoms with E-state index in [1.54, 1.807) is 0 Å². The van der Waals surface area contributed by atoms with E-state index in [0.29, 0.717) is 46.2 Å². The Morgan fingerprint density at radius 3 is 1.65 bits per heavy atom. The number of unbranched alkanes of at least 4 members (excludes halogenated alkanes) is 1. The summed E-state index contributed by atoms with van der Waals surface area (Å²) < 4.78 is 21.7. The lowest BCUT2D eigenvalue weighted by Gasteiger charge is -2.21. The van der Waals surface area contributed by atoms with Gasteiger partial charge >= 0.3 is 0 Å². The summed E-state index contributed by atoms with van der Waals surface area (Å²) in [5.74, 6) is 0.821. The Labute approximate surface area is 129 Å². The Morgan fingerprint density at radius 1 is 0.750 bits per heavy atom. The van der Waals surface area contributed by atoms with Gasteiger partial charge in [-0.2, -0.15) is 12.6 Å². The molecule has 20 heavy (non-hydrogen) atoms. The maximum atomic E-state index is 5.54. The van der Waals surface area contributed by atoms with Crippen LogP contribution in [0, 0.1) is 5.41 Å². The van der Waals surface area contributed by atoms with Gasteiger partial charge < -0.3 is 18.9 Å². The van der Waals surface area contributed by atoms with Crippen LogP contribution in [0.1, 0.15) is 33.6 Å². The molecule has 0 aliphatic heterocycles. The molecule has 0 aromatic heterocycles. The number of thiol groups is 1. The van der Waals surface area contributed by atoms with E-state index >= 15 is 0 Å². The second-order valence-electron chi connectivity index (χ2n) is 5.57. The lowest BCUT2D eigenvalue weighted by molar-refractivity contribution is -0.0106. The molecule has 0 heterocycles. The van der Waals surface area contributed by atoms with E-state index in [4.69, 9.17) is 18.9 Å². The lowest BCUT2D eigenvalue weighted by atomic mass is 9.98. The van der Waals surface area contributed by atoms with Crippen molar-refractivity contribution in [3.8, 4) is 0 Å². The van der Waals surface area contributed by atoms with E-state index in [9.17, 15) is 0 Å². The highest BCUT2D eigenvalue weighted by Gasteiger charge is 2.15. The fraction of sp³-hybridized carbons (Fsp3) is 1.00. The zero-order chi connectivity index (χ0) is 15.1. The van der Waals surface area contributed by atoms with E-state index in [0.717, 1.165) is 18.8 Å². The predicted molar refractivity (Wildman–Crippen MR) is 85.8 cm³/mol. The molecule has 4 nitrogen and oxygen atoms in total. The Hall–Kier alpha value is 0.190. The molecular formula is C15H32O4S. The highest BCUT2D eigenvalue weighted by atomic mass is 32.1. The molecule has 0 aromatic carbocycles. The average Bonchev–Trinajstić information content (AvgIpc) is 2.44. The quantitative estimate of drug-likeness (QED) is 0.373. The van der Waals surface area contributed by atoms with Gasteiger partial charge in [0.25, 0.3) is 0 Å². The number of hydrogen-bond acceptors (Lipinski definition) is 5. The van der Waals surface area contributed by atoms with Gasteiger partial charge in [0.15, 0.2) is 0 Å². The maximum Gasteiger partial charge on any atom is 0.0701 e. The average molecular weight is 308 g/mol. The van der Waals surface area contributed by atoms with Crippen LogP contribution in [0.3, 0.4) is 0 Å². The van der Waals surface area contributed by atoms with Gasteiger partial charge in [0, 0.05) is 6.61 Å². The maximum absolute atomic E-state index is 5.54. The minimum Gasteiger partial charge on any atom is -0.379 e. The molecule has 0 radical (unpaired) electrons. The first-order chi connectivity index (χ1) is 9.62. The van der Waals surface area contributed by atoms with Crippen LogP contribution < -0.4 is 0 Å². The van der Waals surface area contributed by atoms with Crippen LogP contribution in [0.2, 0.25) is 0 Å². The molecule has 0 saturated heterocycles. The molecule has 0 amide bonds. The van der Waals surface area contributed by atoms with Gasteiger partial charge in [0.05, 0.1) is 46.2 Å². The molecule has 122 valence electrons. The van der Waals surface area contributed by atoms with Crippen molar-refractivity contribution in [2.75, 3.05) is 58.6 Å². The lowest BCUT2D eigenvalue weighted by Crippen LogP contribution is -2.22. The topological polar surface area (TPSA) is 36.9 Å². The first kappa shape index (κ1) is 20.2. The highest BCUT2D eigenvalue weighted by Crippen LogP contribution is 2.16. The van der Waals surface area contributed by atoms with Crippen LogP contribution in [-0.4, -0.2) is 58.6 Å². The van der Waals surface area contributed by atoms with Crippen LogP contribution in [0.5, 0.6) is 0 Å². The second kappa shape index (κ2) is 14.1. The van der Waals surface area contributed by atoms with Crippen LogP contribution >= 0.6 is 12.6 Å². The van der Waals surface area contributed by atoms with Gasteiger partial charge in [-0.25, -0.2) is 0 Å². The van der Waals surface area contributed by atoms with Gasteiger partial charge in [0.2, 0.25) is 0 Å². The Kier molecular flexibility index (Phi) is 14.3. The minimum atomic E-state index is 0.129. The van der Waals surface area contributed by atoms with Crippen LogP contribution in [0.15, 0.2) is 0 Å². The standard InChI is InChI=1S/C15H32O4S/c1-4-5-6-16-7-8-17-9-10-18-11-12-19-13-15(2,3)14-20/h20H,4-14H2,1-3H3. The third-order valence-corrected chi connectivity index (χ3v) is 3.54. The van der Waals surface area contributed by atoms with Gasteiger partial charge in [-0.3, -0.25) is 0 Å². The Balaban J connectivity index is 3.06. The van der Waals surface area contributed by atoms with Crippen molar-refractivity contribution < 1.29 is 18.9 Å². The molecule has 0 aliphatic rings. The molecule has 0 bridgehead atoms. The van der Waals surface area contributed by atoms with E-state index in [1.165, 1.54) is 6.42 Å². The first-order valence-corrected chi connectivity index (χ1v) is 8.17. The van der Waals surface area contributed by atoms with Crippen molar-refractivity contribution in [3.05, 3.63) is 0 Å².